The summed E-state index contributed by atoms with van der Waals surface area (Å²) in [6.07, 6.45) is -1.17. The number of nitrogens with zero attached hydrogens (tertiary/aromatic N) is 4. The molecule has 1 saturated carbocycles. The number of ketones is 1. The van der Waals surface area contributed by atoms with E-state index in [9.17, 15) is 19.5 Å². The van der Waals surface area contributed by atoms with Gasteiger partial charge in [0.25, 0.3) is 5.56 Å². The Hall–Kier alpha value is -3.78. The van der Waals surface area contributed by atoms with Crippen molar-refractivity contribution in [2.24, 2.45) is 12.0 Å². The van der Waals surface area contributed by atoms with Crippen molar-refractivity contribution in [3.05, 3.63) is 76.2 Å². The number of hydrogen-bond acceptors (Lipinski definition) is 5. The van der Waals surface area contributed by atoms with Crippen LogP contribution in [0.15, 0.2) is 64.4 Å². The fourth-order valence-corrected chi connectivity index (χ4v) is 3.94. The van der Waals surface area contributed by atoms with Crippen LogP contribution in [-0.2, 0) is 16.6 Å². The van der Waals surface area contributed by atoms with Crippen LogP contribution >= 0.6 is 0 Å². The average Bonchev–Trinajstić information content (AvgIpc) is 3.01. The van der Waals surface area contributed by atoms with Crippen LogP contribution in [-0.4, -0.2) is 45.0 Å². The second-order valence-corrected chi connectivity index (χ2v) is 7.85. The number of aliphatic imine (C=N–C) groups is 1. The number of aliphatic hydroxyl groups excluding tert-OH is 1. The Kier molecular flexibility index (Phi) is 5.40. The van der Waals surface area contributed by atoms with Gasteiger partial charge in [-0.1, -0.05) is 18.2 Å². The van der Waals surface area contributed by atoms with Crippen molar-refractivity contribution in [3.63, 3.8) is 0 Å². The van der Waals surface area contributed by atoms with E-state index in [-0.39, 0.29) is 28.5 Å². The minimum absolute atomic E-state index is 0.0246. The Labute approximate surface area is 185 Å². The average molecular weight is 432 g/mol. The molecule has 0 saturated heterocycles. The lowest BCUT2D eigenvalue weighted by Crippen LogP contribution is -2.52. The van der Waals surface area contributed by atoms with Gasteiger partial charge in [0.1, 0.15) is 11.8 Å². The first-order valence-electron chi connectivity index (χ1n) is 10.2. The number of benzene rings is 2. The number of carbonyl (C=O) groups is 2. The number of para-hydroxylation sites is 1. The van der Waals surface area contributed by atoms with Gasteiger partial charge in [-0.05, 0) is 43.3 Å². The number of anilines is 1. The molecule has 1 amide bonds. The molecule has 1 aliphatic carbocycles. The van der Waals surface area contributed by atoms with E-state index >= 15 is 0 Å². The molecule has 0 radical (unpaired) electrons. The van der Waals surface area contributed by atoms with Crippen LogP contribution in [0, 0.1) is 6.92 Å². The van der Waals surface area contributed by atoms with Crippen LogP contribution < -0.4 is 10.5 Å². The van der Waals surface area contributed by atoms with Crippen LogP contribution in [0.2, 0.25) is 0 Å². The summed E-state index contributed by atoms with van der Waals surface area (Å²) in [4.78, 5) is 43.3. The molecule has 0 bridgehead atoms. The number of hydrogen-bond donors (Lipinski definition) is 1. The Morgan fingerprint density at radius 1 is 1.06 bits per heavy atom. The number of carbonyl (C=O) groups excluding carboxylic acids is 2. The molecule has 164 valence electrons. The SMILES string of the molecule is CC(=O)N(C)c1ccc(N=C2C(=O)C(c3c(C)n(C)n(-c4ccccc4)c3=O)C2O)cc1. The Balaban J connectivity index is 1.64. The van der Waals surface area contributed by atoms with E-state index in [1.807, 2.05) is 30.3 Å². The third-order valence-corrected chi connectivity index (χ3v) is 6.00. The maximum atomic E-state index is 13.2. The predicted molar refractivity (Wildman–Crippen MR) is 122 cm³/mol. The molecule has 1 N–H and O–H groups in total. The molecule has 2 aromatic carbocycles. The van der Waals surface area contributed by atoms with Gasteiger partial charge in [0, 0.05) is 32.4 Å². The van der Waals surface area contributed by atoms with Crippen molar-refractivity contribution in [2.45, 2.75) is 25.9 Å². The zero-order chi connectivity index (χ0) is 23.2. The quantitative estimate of drug-likeness (QED) is 0.684. The third kappa shape index (κ3) is 3.38. The van der Waals surface area contributed by atoms with Crippen LogP contribution in [0.5, 0.6) is 0 Å². The lowest BCUT2D eigenvalue weighted by Gasteiger charge is -2.32. The largest absolute Gasteiger partial charge is 0.386 e. The molecular formula is C24H24N4O4. The van der Waals surface area contributed by atoms with Crippen molar-refractivity contribution >= 4 is 28.8 Å². The highest BCUT2D eigenvalue weighted by Gasteiger charge is 2.49. The molecule has 8 nitrogen and oxygen atoms in total. The van der Waals surface area contributed by atoms with E-state index in [1.54, 1.807) is 50.0 Å². The molecule has 1 aromatic heterocycles. The Morgan fingerprint density at radius 3 is 2.25 bits per heavy atom. The van der Waals surface area contributed by atoms with Gasteiger partial charge in [-0.25, -0.2) is 9.67 Å². The highest BCUT2D eigenvalue weighted by molar-refractivity contribution is 6.51. The monoisotopic (exact) mass is 432 g/mol. The summed E-state index contributed by atoms with van der Waals surface area (Å²) in [5, 5.41) is 10.7. The Bertz CT molecular complexity index is 1290. The molecule has 0 aliphatic heterocycles. The number of aromatic nitrogens is 2. The maximum absolute atomic E-state index is 13.2. The molecule has 4 rings (SSSR count). The molecule has 32 heavy (non-hydrogen) atoms. The van der Waals surface area contributed by atoms with E-state index in [0.717, 1.165) is 0 Å². The van der Waals surface area contributed by atoms with Gasteiger partial charge in [0.15, 0.2) is 5.78 Å². The zero-order valence-electron chi connectivity index (χ0n) is 18.3. The maximum Gasteiger partial charge on any atom is 0.275 e. The van der Waals surface area contributed by atoms with Crippen LogP contribution in [0.25, 0.3) is 5.69 Å². The van der Waals surface area contributed by atoms with Gasteiger partial charge in [-0.15, -0.1) is 0 Å². The van der Waals surface area contributed by atoms with Crippen molar-refractivity contribution < 1.29 is 14.7 Å². The molecule has 8 heteroatoms. The van der Waals surface area contributed by atoms with Gasteiger partial charge in [-0.3, -0.25) is 19.1 Å². The zero-order valence-corrected chi connectivity index (χ0v) is 18.3. The van der Waals surface area contributed by atoms with Crippen LogP contribution in [0.3, 0.4) is 0 Å². The first kappa shape index (κ1) is 21.5. The van der Waals surface area contributed by atoms with Gasteiger partial charge >= 0.3 is 0 Å². The molecule has 1 heterocycles. The summed E-state index contributed by atoms with van der Waals surface area (Å²) in [5.74, 6) is -1.41. The minimum atomic E-state index is -1.17. The molecule has 0 spiro atoms. The summed E-state index contributed by atoms with van der Waals surface area (Å²) >= 11 is 0. The third-order valence-electron chi connectivity index (χ3n) is 6.00. The fourth-order valence-electron chi connectivity index (χ4n) is 3.94. The standard InChI is InChI=1S/C24H24N4O4/c1-14-19(24(32)28(27(14)4)18-8-6-5-7-9-18)20-22(30)21(23(20)31)25-16-10-12-17(13-11-16)26(3)15(2)29/h5-13,20,22,30H,1-4H3. The van der Waals surface area contributed by atoms with Crippen molar-refractivity contribution in [1.29, 1.82) is 0 Å². The van der Waals surface area contributed by atoms with E-state index in [4.69, 9.17) is 0 Å². The summed E-state index contributed by atoms with van der Waals surface area (Å²) in [5.41, 5.74) is 2.46. The van der Waals surface area contributed by atoms with Crippen LogP contribution in [0.4, 0.5) is 11.4 Å². The van der Waals surface area contributed by atoms with Gasteiger partial charge in [0.2, 0.25) is 5.91 Å². The highest BCUT2D eigenvalue weighted by Crippen LogP contribution is 2.34. The van der Waals surface area contributed by atoms with Crippen molar-refractivity contribution in [1.82, 2.24) is 9.36 Å². The van der Waals surface area contributed by atoms with E-state index < -0.39 is 12.0 Å². The summed E-state index contributed by atoms with van der Waals surface area (Å²) in [7, 11) is 3.41. The summed E-state index contributed by atoms with van der Waals surface area (Å²) < 4.78 is 3.18. The lowest BCUT2D eigenvalue weighted by molar-refractivity contribution is -0.120. The van der Waals surface area contributed by atoms with Gasteiger partial charge < -0.3 is 10.0 Å². The second kappa shape index (κ2) is 8.05. The van der Waals surface area contributed by atoms with Gasteiger partial charge in [-0.2, -0.15) is 0 Å². The molecular weight excluding hydrogens is 408 g/mol. The highest BCUT2D eigenvalue weighted by atomic mass is 16.3. The number of rotatable bonds is 4. The fraction of sp³-hybridized carbons (Fsp3) is 0.250. The number of Topliss-reactive ketones (excluding diaryl/α,β-unsaturated/α-hetero) is 1. The minimum Gasteiger partial charge on any atom is -0.386 e. The topological polar surface area (TPSA) is 96.9 Å². The summed E-state index contributed by atoms with van der Waals surface area (Å²) in [6.45, 7) is 3.23. The lowest BCUT2D eigenvalue weighted by atomic mass is 9.73. The first-order valence-corrected chi connectivity index (χ1v) is 10.2. The van der Waals surface area contributed by atoms with E-state index in [1.165, 1.54) is 16.5 Å². The Morgan fingerprint density at radius 2 is 1.69 bits per heavy atom. The van der Waals surface area contributed by atoms with Crippen molar-refractivity contribution in [2.75, 3.05) is 11.9 Å². The van der Waals surface area contributed by atoms with Crippen LogP contribution in [0.1, 0.15) is 24.1 Å². The molecule has 1 fully saturated rings. The number of aliphatic hydroxyl groups is 1. The summed E-state index contributed by atoms with van der Waals surface area (Å²) in [6, 6.07) is 15.9. The van der Waals surface area contributed by atoms with Gasteiger partial charge in [0.05, 0.1) is 22.9 Å². The van der Waals surface area contributed by atoms with E-state index in [0.29, 0.717) is 22.8 Å². The second-order valence-electron chi connectivity index (χ2n) is 7.85. The molecule has 3 aromatic rings. The normalized spacial score (nSPS) is 19.2. The molecule has 1 aliphatic rings. The first-order chi connectivity index (χ1) is 15.2. The molecule has 2 unspecified atom stereocenters. The predicted octanol–water partition coefficient (Wildman–Crippen LogP) is 2.27. The van der Waals surface area contributed by atoms with E-state index in [2.05, 4.69) is 4.99 Å². The van der Waals surface area contributed by atoms with Crippen molar-refractivity contribution in [3.8, 4) is 5.69 Å². The number of amides is 1. The smallest absolute Gasteiger partial charge is 0.275 e. The molecule has 2 atom stereocenters.